The molecule has 0 amide bonds. The van der Waals surface area contributed by atoms with E-state index in [-0.39, 0.29) is 59.7 Å². The molecular weight excluding hydrogens is 873 g/mol. The van der Waals surface area contributed by atoms with Crippen molar-refractivity contribution in [3.05, 3.63) is 82.9 Å². The Labute approximate surface area is 349 Å². The number of hydrogen-bond acceptors (Lipinski definition) is 5. The van der Waals surface area contributed by atoms with Crippen molar-refractivity contribution in [1.29, 1.82) is 0 Å². The maximum Gasteiger partial charge on any atom is 0.162 e. The van der Waals surface area contributed by atoms with Gasteiger partial charge < -0.3 is 5.11 Å². The van der Waals surface area contributed by atoms with Crippen molar-refractivity contribution in [2.75, 3.05) is 0 Å². The molecule has 0 atom stereocenters. The summed E-state index contributed by atoms with van der Waals surface area (Å²) < 4.78 is 2.59. The number of rotatable bonds is 10. The number of ketones is 1. The second-order valence-corrected chi connectivity index (χ2v) is 19.4. The molecule has 299 valence electrons. The Morgan fingerprint density at radius 3 is 2.05 bits per heavy atom. The summed E-state index contributed by atoms with van der Waals surface area (Å²) in [5.41, 5.74) is 9.45. The Hall–Kier alpha value is -2.92. The van der Waals surface area contributed by atoms with Crippen LogP contribution < -0.4 is 0 Å². The predicted octanol–water partition coefficient (Wildman–Crippen LogP) is 14.2. The first kappa shape index (κ1) is 44.8. The molecule has 0 fully saturated rings. The van der Waals surface area contributed by atoms with Gasteiger partial charge in [-0.1, -0.05) is 119 Å². The molecule has 6 heteroatoms. The third-order valence-corrected chi connectivity index (χ3v) is 13.1. The summed E-state index contributed by atoms with van der Waals surface area (Å²) >= 11 is 1.90. The van der Waals surface area contributed by atoms with E-state index >= 15 is 0 Å². The smallest absolute Gasteiger partial charge is 0.162 e. The van der Waals surface area contributed by atoms with Gasteiger partial charge in [0, 0.05) is 58.5 Å². The number of carbonyl (C=O) groups excluding carboxylic acids is 1. The average Bonchev–Trinajstić information content (AvgIpc) is 3.48. The zero-order valence-electron chi connectivity index (χ0n) is 35.8. The van der Waals surface area contributed by atoms with Crippen molar-refractivity contribution in [1.82, 2.24) is 9.97 Å². The van der Waals surface area contributed by atoms with Crippen molar-refractivity contribution >= 4 is 48.2 Å². The van der Waals surface area contributed by atoms with Gasteiger partial charge in [-0.3, -0.25) is 9.78 Å². The third-order valence-electron chi connectivity index (χ3n) is 11.9. The molecule has 55 heavy (non-hydrogen) atoms. The fraction of sp³-hybridized carbons (Fsp3) is 0.531. The van der Waals surface area contributed by atoms with Crippen LogP contribution in [0.5, 0.6) is 0 Å². The monoisotopic (exact) mass is 938 g/mol. The number of aliphatic hydroxyl groups is 1. The van der Waals surface area contributed by atoms with Gasteiger partial charge in [0.2, 0.25) is 0 Å². The van der Waals surface area contributed by atoms with E-state index in [0.717, 1.165) is 54.3 Å². The molecule has 1 aliphatic carbocycles. The molecule has 3 aromatic carbocycles. The van der Waals surface area contributed by atoms with Crippen LogP contribution in [-0.2, 0) is 47.6 Å². The van der Waals surface area contributed by atoms with Crippen LogP contribution in [-0.4, -0.2) is 20.9 Å². The first-order valence-corrected chi connectivity index (χ1v) is 21.3. The number of thiophene rings is 1. The molecule has 0 spiro atoms. The van der Waals surface area contributed by atoms with Crippen LogP contribution in [0.4, 0.5) is 0 Å². The number of benzene rings is 3. The van der Waals surface area contributed by atoms with E-state index in [1.54, 1.807) is 17.5 Å². The molecular formula is C49H65IrN2O2S-. The van der Waals surface area contributed by atoms with Crippen LogP contribution in [0.15, 0.2) is 54.6 Å². The standard InChI is InChI=1S/C36H41N2S.C13H24O2.Ir/c1-21(2)16-23-18-26-31-33(39-32(26)29-28(23)35(6,7)14-15-36(29,8)9)30(37-20-38-31)24-17-22-12-10-11-13-25(22)27(19-24)34(3,4)5;1-5-10(6-2)12(14)9-13(15)11(7-3)8-4;/h10-13,18-21H,14-16H2,1-9H3;9-11,14H,5-8H2,1-4H3;/q-1;;/b;12-9-;. The molecule has 5 aromatic rings. The van der Waals surface area contributed by atoms with Crippen LogP contribution in [0.3, 0.4) is 0 Å². The molecule has 1 aliphatic rings. The van der Waals surface area contributed by atoms with E-state index in [4.69, 9.17) is 9.97 Å². The summed E-state index contributed by atoms with van der Waals surface area (Å²) in [7, 11) is 0. The number of hydrogen-bond donors (Lipinski definition) is 1. The summed E-state index contributed by atoms with van der Waals surface area (Å²) in [4.78, 5) is 21.6. The minimum absolute atomic E-state index is 0. The summed E-state index contributed by atoms with van der Waals surface area (Å²) in [6.45, 7) is 29.4. The molecule has 6 rings (SSSR count). The van der Waals surface area contributed by atoms with E-state index in [2.05, 4.69) is 105 Å². The van der Waals surface area contributed by atoms with Crippen molar-refractivity contribution in [2.45, 2.75) is 151 Å². The van der Waals surface area contributed by atoms with E-state index in [9.17, 15) is 9.90 Å². The molecule has 0 saturated heterocycles. The molecule has 1 N–H and O–H groups in total. The van der Waals surface area contributed by atoms with Gasteiger partial charge in [0.1, 0.15) is 6.33 Å². The Kier molecular flexibility index (Phi) is 14.4. The largest absolute Gasteiger partial charge is 0.512 e. The molecule has 2 heterocycles. The van der Waals surface area contributed by atoms with Gasteiger partial charge in [-0.15, -0.1) is 40.5 Å². The van der Waals surface area contributed by atoms with Crippen LogP contribution in [0.25, 0.3) is 42.3 Å². The van der Waals surface area contributed by atoms with Crippen LogP contribution in [0.2, 0.25) is 0 Å². The quantitative estimate of drug-likeness (QED) is 0.0861. The average molecular weight is 938 g/mol. The Morgan fingerprint density at radius 2 is 1.47 bits per heavy atom. The van der Waals surface area contributed by atoms with E-state index in [0.29, 0.717) is 5.92 Å². The molecule has 0 aliphatic heterocycles. The van der Waals surface area contributed by atoms with Gasteiger partial charge in [0.15, 0.2) is 5.78 Å². The summed E-state index contributed by atoms with van der Waals surface area (Å²) in [6, 6.07) is 17.2. The Balaban J connectivity index is 0.000000360. The third kappa shape index (κ3) is 9.29. The molecule has 1 radical (unpaired) electrons. The number of aromatic nitrogens is 2. The summed E-state index contributed by atoms with van der Waals surface area (Å²) in [5.74, 6) is 1.15. The van der Waals surface area contributed by atoms with E-state index < -0.39 is 0 Å². The van der Waals surface area contributed by atoms with Crippen LogP contribution in [0, 0.1) is 23.8 Å². The zero-order valence-corrected chi connectivity index (χ0v) is 39.0. The fourth-order valence-corrected chi connectivity index (χ4v) is 10.1. The van der Waals surface area contributed by atoms with Crippen molar-refractivity contribution in [2.24, 2.45) is 17.8 Å². The topological polar surface area (TPSA) is 63.1 Å². The molecule has 2 aromatic heterocycles. The second kappa shape index (κ2) is 17.7. The van der Waals surface area contributed by atoms with Crippen molar-refractivity contribution in [3.8, 4) is 11.3 Å². The van der Waals surface area contributed by atoms with Gasteiger partial charge in [0.25, 0.3) is 0 Å². The zero-order chi connectivity index (χ0) is 39.7. The first-order chi connectivity index (χ1) is 25.4. The number of aliphatic hydroxyl groups excluding tert-OH is 1. The van der Waals surface area contributed by atoms with Crippen LogP contribution in [0.1, 0.15) is 151 Å². The predicted molar refractivity (Wildman–Crippen MR) is 233 cm³/mol. The number of carbonyl (C=O) groups is 1. The van der Waals surface area contributed by atoms with Gasteiger partial charge in [-0.05, 0) is 89.9 Å². The van der Waals surface area contributed by atoms with Gasteiger partial charge in [-0.25, -0.2) is 4.98 Å². The van der Waals surface area contributed by atoms with Crippen LogP contribution >= 0.6 is 11.3 Å². The first-order valence-electron chi connectivity index (χ1n) is 20.5. The van der Waals surface area contributed by atoms with Gasteiger partial charge in [-0.2, -0.15) is 0 Å². The Morgan fingerprint density at radius 1 is 0.873 bits per heavy atom. The minimum atomic E-state index is 0. The summed E-state index contributed by atoms with van der Waals surface area (Å²) in [5, 5.41) is 13.5. The van der Waals surface area contributed by atoms with Crippen molar-refractivity contribution < 1.29 is 30.0 Å². The molecule has 0 saturated carbocycles. The maximum atomic E-state index is 11.7. The Bertz CT molecular complexity index is 2160. The van der Waals surface area contributed by atoms with Gasteiger partial charge >= 0.3 is 0 Å². The molecule has 0 unspecified atom stereocenters. The van der Waals surface area contributed by atoms with E-state index in [1.807, 2.05) is 39.0 Å². The fourth-order valence-electron chi connectivity index (χ4n) is 8.61. The number of fused-ring (bicyclic) bond motifs is 6. The number of nitrogens with zero attached hydrogens (tertiary/aromatic N) is 2. The minimum Gasteiger partial charge on any atom is -0.512 e. The normalized spacial score (nSPS) is 15.4. The second-order valence-electron chi connectivity index (χ2n) is 18.4. The maximum absolute atomic E-state index is 11.7. The van der Waals surface area contributed by atoms with E-state index in [1.165, 1.54) is 50.2 Å². The van der Waals surface area contributed by atoms with Crippen molar-refractivity contribution in [3.63, 3.8) is 0 Å². The molecule has 0 bridgehead atoms. The van der Waals surface area contributed by atoms with Gasteiger partial charge in [0.05, 0.1) is 11.3 Å². The number of allylic oxidation sites excluding steroid dienone is 2. The summed E-state index contributed by atoms with van der Waals surface area (Å²) in [6.07, 6.45) is 10.2. The SMILES string of the molecule is CC(C)Cc1cc2c(sc3c(-c4[c-]c5ccccc5c(C(C)(C)C)c4)ncnc32)c2c1C(C)(C)CCC2(C)C.CCC(CC)C(=O)/C=C(\O)C(CC)CC.[Ir]. The molecule has 4 nitrogen and oxygen atoms in total.